The first-order valence-electron chi connectivity index (χ1n) is 6.45. The molecule has 0 radical (unpaired) electrons. The first kappa shape index (κ1) is 14.9. The molecule has 0 bridgehead atoms. The zero-order valence-electron chi connectivity index (χ0n) is 11.1. The van der Waals surface area contributed by atoms with Gasteiger partial charge in [0.2, 0.25) is 0 Å². The second-order valence-corrected chi connectivity index (χ2v) is 4.66. The van der Waals surface area contributed by atoms with E-state index in [9.17, 15) is 13.6 Å². The maximum atomic E-state index is 12.2. The van der Waals surface area contributed by atoms with E-state index in [2.05, 4.69) is 14.8 Å². The van der Waals surface area contributed by atoms with Crippen molar-refractivity contribution in [2.75, 3.05) is 13.7 Å². The predicted molar refractivity (Wildman–Crippen MR) is 68.6 cm³/mol. The SMILES string of the molecule is COC(=O)c1ccc([C@H]2C[C@H](OC(F)F)CCN2)cc1. The van der Waals surface area contributed by atoms with Crippen molar-refractivity contribution in [2.45, 2.75) is 31.6 Å². The van der Waals surface area contributed by atoms with Gasteiger partial charge in [0.25, 0.3) is 0 Å². The summed E-state index contributed by atoms with van der Waals surface area (Å²) in [4.78, 5) is 11.3. The Balaban J connectivity index is 2.01. The maximum Gasteiger partial charge on any atom is 0.345 e. The molecule has 0 unspecified atom stereocenters. The monoisotopic (exact) mass is 285 g/mol. The Hall–Kier alpha value is -1.53. The van der Waals surface area contributed by atoms with Gasteiger partial charge in [-0.05, 0) is 37.1 Å². The molecule has 6 heteroatoms. The van der Waals surface area contributed by atoms with Gasteiger partial charge in [0.05, 0.1) is 18.8 Å². The summed E-state index contributed by atoms with van der Waals surface area (Å²) in [5.41, 5.74) is 1.41. The summed E-state index contributed by atoms with van der Waals surface area (Å²) in [7, 11) is 1.32. The number of halogens is 2. The molecule has 1 heterocycles. The molecule has 0 saturated carbocycles. The third-order valence-corrected chi connectivity index (χ3v) is 3.39. The second kappa shape index (κ2) is 6.76. The fourth-order valence-corrected chi connectivity index (χ4v) is 2.37. The molecule has 1 aliphatic rings. The lowest BCUT2D eigenvalue weighted by atomic mass is 9.95. The van der Waals surface area contributed by atoms with E-state index < -0.39 is 18.7 Å². The van der Waals surface area contributed by atoms with Crippen molar-refractivity contribution in [3.63, 3.8) is 0 Å². The average molecular weight is 285 g/mol. The molecule has 1 fully saturated rings. The molecule has 2 atom stereocenters. The number of alkyl halides is 2. The number of nitrogens with one attached hydrogen (secondary N) is 1. The summed E-state index contributed by atoms with van der Waals surface area (Å²) < 4.78 is 33.7. The molecule has 0 amide bonds. The minimum absolute atomic E-state index is 0.0424. The van der Waals surface area contributed by atoms with Gasteiger partial charge in [-0.25, -0.2) is 4.79 Å². The Morgan fingerprint density at radius 1 is 1.35 bits per heavy atom. The van der Waals surface area contributed by atoms with Crippen LogP contribution in [-0.4, -0.2) is 32.3 Å². The van der Waals surface area contributed by atoms with Crippen LogP contribution in [0.25, 0.3) is 0 Å². The number of carbonyl (C=O) groups excluding carboxylic acids is 1. The van der Waals surface area contributed by atoms with Crippen LogP contribution in [0.2, 0.25) is 0 Å². The van der Waals surface area contributed by atoms with Crippen molar-refractivity contribution >= 4 is 5.97 Å². The highest BCUT2D eigenvalue weighted by Gasteiger charge is 2.25. The summed E-state index contributed by atoms with van der Waals surface area (Å²) in [6.07, 6.45) is 0.616. The molecule has 0 spiro atoms. The van der Waals surface area contributed by atoms with Crippen molar-refractivity contribution < 1.29 is 23.0 Å². The second-order valence-electron chi connectivity index (χ2n) is 4.66. The Bertz CT molecular complexity index is 450. The van der Waals surface area contributed by atoms with Crippen molar-refractivity contribution in [1.29, 1.82) is 0 Å². The zero-order valence-corrected chi connectivity index (χ0v) is 11.1. The lowest BCUT2D eigenvalue weighted by Gasteiger charge is -2.30. The van der Waals surface area contributed by atoms with Gasteiger partial charge in [0, 0.05) is 6.04 Å². The molecular formula is C14H17F2NO3. The summed E-state index contributed by atoms with van der Waals surface area (Å²) in [6.45, 7) is -2.11. The van der Waals surface area contributed by atoms with Crippen molar-refractivity contribution in [1.82, 2.24) is 5.32 Å². The Morgan fingerprint density at radius 3 is 2.65 bits per heavy atom. The minimum Gasteiger partial charge on any atom is -0.465 e. The van der Waals surface area contributed by atoms with Crippen LogP contribution in [-0.2, 0) is 9.47 Å². The molecule has 1 aromatic rings. The third kappa shape index (κ3) is 3.74. The van der Waals surface area contributed by atoms with Crippen LogP contribution in [0.15, 0.2) is 24.3 Å². The maximum absolute atomic E-state index is 12.2. The largest absolute Gasteiger partial charge is 0.465 e. The van der Waals surface area contributed by atoms with Gasteiger partial charge in [-0.15, -0.1) is 0 Å². The highest BCUT2D eigenvalue weighted by molar-refractivity contribution is 5.89. The lowest BCUT2D eigenvalue weighted by Crippen LogP contribution is -2.36. The average Bonchev–Trinajstić information content (AvgIpc) is 2.46. The molecule has 1 aromatic carbocycles. The van der Waals surface area contributed by atoms with E-state index in [1.807, 2.05) is 0 Å². The van der Waals surface area contributed by atoms with Crippen molar-refractivity contribution in [2.24, 2.45) is 0 Å². The first-order chi connectivity index (χ1) is 9.60. The topological polar surface area (TPSA) is 47.6 Å². The van der Waals surface area contributed by atoms with Gasteiger partial charge < -0.3 is 14.8 Å². The van der Waals surface area contributed by atoms with Crippen LogP contribution in [0, 0.1) is 0 Å². The number of piperidine rings is 1. The normalized spacial score (nSPS) is 22.8. The van der Waals surface area contributed by atoms with E-state index in [0.29, 0.717) is 24.9 Å². The number of benzene rings is 1. The lowest BCUT2D eigenvalue weighted by molar-refractivity contribution is -0.170. The molecule has 4 nitrogen and oxygen atoms in total. The van der Waals surface area contributed by atoms with E-state index in [1.54, 1.807) is 24.3 Å². The zero-order chi connectivity index (χ0) is 14.5. The number of ether oxygens (including phenoxy) is 2. The van der Waals surface area contributed by atoms with E-state index >= 15 is 0 Å². The number of carbonyl (C=O) groups is 1. The third-order valence-electron chi connectivity index (χ3n) is 3.39. The van der Waals surface area contributed by atoms with E-state index in [0.717, 1.165) is 5.56 Å². The Kier molecular flexibility index (Phi) is 5.03. The van der Waals surface area contributed by atoms with Crippen molar-refractivity contribution in [3.8, 4) is 0 Å². The number of hydrogen-bond donors (Lipinski definition) is 1. The highest BCUT2D eigenvalue weighted by atomic mass is 19.3. The smallest absolute Gasteiger partial charge is 0.345 e. The first-order valence-corrected chi connectivity index (χ1v) is 6.45. The van der Waals surface area contributed by atoms with Gasteiger partial charge in [0.1, 0.15) is 0 Å². The molecule has 110 valence electrons. The van der Waals surface area contributed by atoms with Gasteiger partial charge in [-0.3, -0.25) is 0 Å². The standard InChI is InChI=1S/C14H17F2NO3/c1-19-13(18)10-4-2-9(3-5-10)12-8-11(6-7-17-12)20-14(15)16/h2-5,11-12,14,17H,6-8H2,1H3/t11-,12-/m1/s1. The molecule has 1 aliphatic heterocycles. The highest BCUT2D eigenvalue weighted by Crippen LogP contribution is 2.26. The number of esters is 1. The van der Waals surface area contributed by atoms with Crippen LogP contribution in [0.4, 0.5) is 8.78 Å². The molecule has 2 rings (SSSR count). The Labute approximate surface area is 116 Å². The van der Waals surface area contributed by atoms with Gasteiger partial charge in [-0.1, -0.05) is 12.1 Å². The van der Waals surface area contributed by atoms with Gasteiger partial charge in [-0.2, -0.15) is 8.78 Å². The number of rotatable bonds is 4. The van der Waals surface area contributed by atoms with E-state index in [1.165, 1.54) is 7.11 Å². The van der Waals surface area contributed by atoms with E-state index in [4.69, 9.17) is 0 Å². The number of hydrogen-bond acceptors (Lipinski definition) is 4. The number of methoxy groups -OCH3 is 1. The Morgan fingerprint density at radius 2 is 2.05 bits per heavy atom. The van der Waals surface area contributed by atoms with Crippen LogP contribution in [0.3, 0.4) is 0 Å². The summed E-state index contributed by atoms with van der Waals surface area (Å²) in [5, 5.41) is 3.26. The van der Waals surface area contributed by atoms with Crippen LogP contribution < -0.4 is 5.32 Å². The summed E-state index contributed by atoms with van der Waals surface area (Å²) in [5.74, 6) is -0.396. The van der Waals surface area contributed by atoms with E-state index in [-0.39, 0.29) is 6.04 Å². The molecule has 1 saturated heterocycles. The fourth-order valence-electron chi connectivity index (χ4n) is 2.37. The quantitative estimate of drug-likeness (QED) is 0.864. The van der Waals surface area contributed by atoms with Gasteiger partial charge >= 0.3 is 12.6 Å². The molecule has 0 aromatic heterocycles. The molecule has 1 N–H and O–H groups in total. The minimum atomic E-state index is -2.74. The van der Waals surface area contributed by atoms with Crippen LogP contribution >= 0.6 is 0 Å². The van der Waals surface area contributed by atoms with Crippen molar-refractivity contribution in [3.05, 3.63) is 35.4 Å². The van der Waals surface area contributed by atoms with Crippen LogP contribution in [0.5, 0.6) is 0 Å². The van der Waals surface area contributed by atoms with Crippen LogP contribution in [0.1, 0.15) is 34.8 Å². The summed E-state index contributed by atoms with van der Waals surface area (Å²) in [6, 6.07) is 6.89. The fraction of sp³-hybridized carbons (Fsp3) is 0.500. The molecule has 20 heavy (non-hydrogen) atoms. The van der Waals surface area contributed by atoms with Gasteiger partial charge in [0.15, 0.2) is 0 Å². The molecule has 0 aliphatic carbocycles. The molecular weight excluding hydrogens is 268 g/mol. The summed E-state index contributed by atoms with van der Waals surface area (Å²) >= 11 is 0. The predicted octanol–water partition coefficient (Wildman–Crippen LogP) is 2.51.